The summed E-state index contributed by atoms with van der Waals surface area (Å²) in [6.45, 7) is 13.7. The topological polar surface area (TPSA) is 9.23 Å². The van der Waals surface area contributed by atoms with Gasteiger partial charge in [-0.05, 0) is 0 Å². The number of hydrogen-bond acceptors (Lipinski definition) is 1. The Kier molecular flexibility index (Phi) is 3.49. The molecular formula is C16H27OP. The maximum absolute atomic E-state index is 6.27. The number of hydrogen-bond donors (Lipinski definition) is 0. The van der Waals surface area contributed by atoms with Crippen LogP contribution in [0.4, 0.5) is 0 Å². The molecule has 0 N–H and O–H groups in total. The molecule has 1 aromatic rings. The fraction of sp³-hybridized carbons (Fsp3) is 0.625. The molecule has 0 atom stereocenters. The molecule has 1 aliphatic rings. The SMILES string of the molecule is Cc1cc(CC(C)(C)C)cc2c1O[PH](C)(C)CC2. The summed E-state index contributed by atoms with van der Waals surface area (Å²) in [6, 6.07) is 4.69. The molecular weight excluding hydrogens is 239 g/mol. The predicted molar refractivity (Wildman–Crippen MR) is 83.7 cm³/mol. The van der Waals surface area contributed by atoms with Gasteiger partial charge in [-0.3, -0.25) is 0 Å². The van der Waals surface area contributed by atoms with E-state index in [1.54, 1.807) is 0 Å². The van der Waals surface area contributed by atoms with Crippen LogP contribution in [0.3, 0.4) is 0 Å². The van der Waals surface area contributed by atoms with E-state index in [1.807, 2.05) is 0 Å². The van der Waals surface area contributed by atoms with Gasteiger partial charge < -0.3 is 0 Å². The first-order valence-corrected chi connectivity index (χ1v) is 10.1. The van der Waals surface area contributed by atoms with Crippen LogP contribution in [0.25, 0.3) is 0 Å². The van der Waals surface area contributed by atoms with Crippen LogP contribution < -0.4 is 4.52 Å². The van der Waals surface area contributed by atoms with E-state index in [0.29, 0.717) is 5.41 Å². The van der Waals surface area contributed by atoms with Crippen LogP contribution >= 0.6 is 7.49 Å². The third-order valence-electron chi connectivity index (χ3n) is 3.52. The van der Waals surface area contributed by atoms with Gasteiger partial charge in [-0.1, -0.05) is 0 Å². The molecule has 18 heavy (non-hydrogen) atoms. The van der Waals surface area contributed by atoms with E-state index in [0.717, 1.165) is 6.42 Å². The van der Waals surface area contributed by atoms with Crippen LogP contribution in [0.1, 0.15) is 37.5 Å². The fourth-order valence-electron chi connectivity index (χ4n) is 2.74. The summed E-state index contributed by atoms with van der Waals surface area (Å²) in [5, 5.41) is 0. The van der Waals surface area contributed by atoms with Crippen molar-refractivity contribution in [2.24, 2.45) is 5.41 Å². The average molecular weight is 266 g/mol. The van der Waals surface area contributed by atoms with Crippen molar-refractivity contribution in [1.29, 1.82) is 0 Å². The Bertz CT molecular complexity index is 455. The molecule has 0 radical (unpaired) electrons. The van der Waals surface area contributed by atoms with Gasteiger partial charge >= 0.3 is 112 Å². The molecule has 1 heterocycles. The molecule has 0 fully saturated rings. The zero-order valence-corrected chi connectivity index (χ0v) is 13.7. The molecule has 0 bridgehead atoms. The summed E-state index contributed by atoms with van der Waals surface area (Å²) in [4.78, 5) is 0. The molecule has 1 aromatic carbocycles. The van der Waals surface area contributed by atoms with Crippen molar-refractivity contribution in [1.82, 2.24) is 0 Å². The number of aryl methyl sites for hydroxylation is 2. The van der Waals surface area contributed by atoms with Gasteiger partial charge in [0.15, 0.2) is 0 Å². The van der Waals surface area contributed by atoms with Crippen molar-refractivity contribution in [3.63, 3.8) is 0 Å². The zero-order chi connectivity index (χ0) is 13.6. The number of fused-ring (bicyclic) bond motifs is 1. The standard InChI is InChI=1S/C16H27OP/c1-12-9-13(11-16(2,3)4)10-14-7-8-18(5,6)17-15(12)14/h9-10,18H,7-8,11H2,1-6H3. The minimum absolute atomic E-state index is 0.351. The van der Waals surface area contributed by atoms with Crippen LogP contribution in [0, 0.1) is 12.3 Å². The molecule has 1 nitrogen and oxygen atoms in total. The third kappa shape index (κ3) is 3.26. The van der Waals surface area contributed by atoms with Gasteiger partial charge in [0, 0.05) is 0 Å². The van der Waals surface area contributed by atoms with E-state index < -0.39 is 7.49 Å². The monoisotopic (exact) mass is 266 g/mol. The van der Waals surface area contributed by atoms with Crippen molar-refractivity contribution in [2.45, 2.75) is 40.5 Å². The normalized spacial score (nSPS) is 19.9. The van der Waals surface area contributed by atoms with E-state index >= 15 is 0 Å². The van der Waals surface area contributed by atoms with Crippen molar-refractivity contribution in [3.05, 3.63) is 28.8 Å². The fourth-order valence-corrected chi connectivity index (χ4v) is 4.56. The molecule has 2 heteroatoms. The van der Waals surface area contributed by atoms with E-state index in [-0.39, 0.29) is 0 Å². The summed E-state index contributed by atoms with van der Waals surface area (Å²) in [6.07, 6.45) is 3.59. The summed E-state index contributed by atoms with van der Waals surface area (Å²) < 4.78 is 6.27. The first-order chi connectivity index (χ1) is 8.16. The summed E-state index contributed by atoms with van der Waals surface area (Å²) in [5.74, 6) is 1.19. The Hall–Kier alpha value is -0.550. The number of rotatable bonds is 1. The van der Waals surface area contributed by atoms with Gasteiger partial charge in [-0.15, -0.1) is 0 Å². The third-order valence-corrected chi connectivity index (χ3v) is 5.73. The van der Waals surface area contributed by atoms with Gasteiger partial charge in [-0.2, -0.15) is 0 Å². The first kappa shape index (κ1) is 13.9. The van der Waals surface area contributed by atoms with Crippen LogP contribution in [-0.2, 0) is 12.8 Å². The zero-order valence-electron chi connectivity index (χ0n) is 12.7. The van der Waals surface area contributed by atoms with Crippen molar-refractivity contribution < 1.29 is 4.52 Å². The van der Waals surface area contributed by atoms with Gasteiger partial charge in [0.05, 0.1) is 0 Å². The second-order valence-electron chi connectivity index (χ2n) is 7.50. The van der Waals surface area contributed by atoms with E-state index in [1.165, 1.54) is 35.0 Å². The van der Waals surface area contributed by atoms with E-state index in [4.69, 9.17) is 4.52 Å². The molecule has 0 aromatic heterocycles. The van der Waals surface area contributed by atoms with Crippen molar-refractivity contribution in [3.8, 4) is 5.75 Å². The molecule has 0 unspecified atom stereocenters. The molecule has 1 aliphatic heterocycles. The van der Waals surface area contributed by atoms with Crippen LogP contribution in [-0.4, -0.2) is 19.5 Å². The molecule has 2 rings (SSSR count). The Balaban J connectivity index is 2.33. The number of benzene rings is 1. The Morgan fingerprint density at radius 3 is 2.50 bits per heavy atom. The summed E-state index contributed by atoms with van der Waals surface area (Å²) in [7, 11) is -1.44. The van der Waals surface area contributed by atoms with Gasteiger partial charge in [0.25, 0.3) is 0 Å². The van der Waals surface area contributed by atoms with Crippen LogP contribution in [0.2, 0.25) is 0 Å². The van der Waals surface area contributed by atoms with Gasteiger partial charge in [0.2, 0.25) is 0 Å². The van der Waals surface area contributed by atoms with Crippen molar-refractivity contribution >= 4 is 7.49 Å². The average Bonchev–Trinajstić information content (AvgIpc) is 2.16. The van der Waals surface area contributed by atoms with Crippen LogP contribution in [0.15, 0.2) is 12.1 Å². The quantitative estimate of drug-likeness (QED) is 0.683. The van der Waals surface area contributed by atoms with Gasteiger partial charge in [-0.25, -0.2) is 0 Å². The maximum atomic E-state index is 6.27. The molecule has 0 saturated carbocycles. The van der Waals surface area contributed by atoms with Crippen molar-refractivity contribution in [2.75, 3.05) is 19.5 Å². The second-order valence-corrected chi connectivity index (χ2v) is 11.7. The predicted octanol–water partition coefficient (Wildman–Crippen LogP) is 4.44. The second kappa shape index (κ2) is 4.53. The molecule has 0 spiro atoms. The summed E-state index contributed by atoms with van der Waals surface area (Å²) >= 11 is 0. The van der Waals surface area contributed by atoms with Gasteiger partial charge in [0.1, 0.15) is 0 Å². The van der Waals surface area contributed by atoms with E-state index in [9.17, 15) is 0 Å². The van der Waals surface area contributed by atoms with E-state index in [2.05, 4.69) is 53.2 Å². The minimum atomic E-state index is -1.44. The summed E-state index contributed by atoms with van der Waals surface area (Å²) in [5.41, 5.74) is 4.57. The first-order valence-electron chi connectivity index (χ1n) is 6.98. The molecule has 0 amide bonds. The van der Waals surface area contributed by atoms with Crippen LogP contribution in [0.5, 0.6) is 5.75 Å². The molecule has 0 aliphatic carbocycles. The molecule has 0 saturated heterocycles. The molecule has 102 valence electrons. The Morgan fingerprint density at radius 2 is 1.89 bits per heavy atom. The Morgan fingerprint density at radius 1 is 1.22 bits per heavy atom. The Labute approximate surface area is 112 Å².